The third kappa shape index (κ3) is 3.24. The van der Waals surface area contributed by atoms with E-state index in [0.29, 0.717) is 5.56 Å². The monoisotopic (exact) mass is 438 g/mol. The molecular formula is C26H19FN4O2. The molecule has 0 amide bonds. The number of aromatic carboxylic acids is 1. The van der Waals surface area contributed by atoms with Gasteiger partial charge in [-0.15, -0.1) is 0 Å². The largest absolute Gasteiger partial charge is 0.478 e. The first-order valence-corrected chi connectivity index (χ1v) is 10.4. The molecule has 0 atom stereocenters. The number of H-pyrrole nitrogens is 1. The van der Waals surface area contributed by atoms with Gasteiger partial charge in [0.25, 0.3) is 0 Å². The second-order valence-electron chi connectivity index (χ2n) is 8.23. The predicted molar refractivity (Wildman–Crippen MR) is 124 cm³/mol. The quantitative estimate of drug-likeness (QED) is 0.359. The van der Waals surface area contributed by atoms with Crippen LogP contribution in [0.2, 0.25) is 0 Å². The van der Waals surface area contributed by atoms with Crippen LogP contribution in [0.3, 0.4) is 0 Å². The first kappa shape index (κ1) is 20.5. The van der Waals surface area contributed by atoms with Crippen molar-refractivity contribution in [3.8, 4) is 22.9 Å². The Bertz CT molecular complexity index is 1590. The Hall–Kier alpha value is -4.44. The lowest BCUT2D eigenvalue weighted by molar-refractivity contribution is 0.0697. The summed E-state index contributed by atoms with van der Waals surface area (Å²) in [6.07, 6.45) is 1.74. The highest BCUT2D eigenvalue weighted by molar-refractivity contribution is 6.06. The predicted octanol–water partition coefficient (Wildman–Crippen LogP) is 6.01. The number of carbonyl (C=O) groups is 1. The third-order valence-electron chi connectivity index (χ3n) is 5.85. The average molecular weight is 438 g/mol. The summed E-state index contributed by atoms with van der Waals surface area (Å²) in [6, 6.07) is 17.1. The fourth-order valence-corrected chi connectivity index (χ4v) is 4.43. The van der Waals surface area contributed by atoms with Crippen molar-refractivity contribution in [1.82, 2.24) is 14.8 Å². The lowest BCUT2D eigenvalue weighted by Gasteiger charge is -2.16. The van der Waals surface area contributed by atoms with E-state index in [0.717, 1.165) is 38.8 Å². The van der Waals surface area contributed by atoms with Crippen LogP contribution in [0.25, 0.3) is 38.6 Å². The lowest BCUT2D eigenvalue weighted by atomic mass is 9.92. The van der Waals surface area contributed by atoms with E-state index in [9.17, 15) is 19.6 Å². The second-order valence-corrected chi connectivity index (χ2v) is 8.23. The molecule has 5 aromatic rings. The summed E-state index contributed by atoms with van der Waals surface area (Å²) in [4.78, 5) is 11.5. The number of carboxylic acids is 1. The molecule has 0 bridgehead atoms. The number of nitrogens with one attached hydrogen (secondary N) is 1. The molecule has 5 rings (SSSR count). The van der Waals surface area contributed by atoms with Crippen LogP contribution < -0.4 is 0 Å². The molecule has 0 aliphatic heterocycles. The molecule has 0 saturated heterocycles. The zero-order valence-electron chi connectivity index (χ0n) is 17.9. The van der Waals surface area contributed by atoms with Gasteiger partial charge in [0, 0.05) is 33.3 Å². The van der Waals surface area contributed by atoms with Crippen LogP contribution in [0.1, 0.15) is 41.4 Å². The maximum Gasteiger partial charge on any atom is 0.335 e. The number of benzene rings is 3. The van der Waals surface area contributed by atoms with Crippen LogP contribution in [0.15, 0.2) is 60.8 Å². The van der Waals surface area contributed by atoms with E-state index in [1.807, 2.05) is 12.1 Å². The van der Waals surface area contributed by atoms with E-state index < -0.39 is 5.97 Å². The van der Waals surface area contributed by atoms with Gasteiger partial charge in [0.15, 0.2) is 0 Å². The highest BCUT2D eigenvalue weighted by Crippen LogP contribution is 2.43. The number of carboxylic acid groups (broad SMARTS) is 1. The molecule has 0 unspecified atom stereocenters. The molecule has 0 saturated carbocycles. The smallest absolute Gasteiger partial charge is 0.335 e. The normalized spacial score (nSPS) is 11.4. The van der Waals surface area contributed by atoms with E-state index in [-0.39, 0.29) is 22.9 Å². The van der Waals surface area contributed by atoms with Gasteiger partial charge < -0.3 is 9.67 Å². The number of hydrogen-bond acceptors (Lipinski definition) is 3. The molecule has 2 heterocycles. The third-order valence-corrected chi connectivity index (χ3v) is 5.85. The van der Waals surface area contributed by atoms with Gasteiger partial charge in [-0.3, -0.25) is 5.10 Å². The number of hydrogen-bond donors (Lipinski definition) is 2. The van der Waals surface area contributed by atoms with E-state index in [2.05, 4.69) is 34.7 Å². The molecular weight excluding hydrogens is 419 g/mol. The van der Waals surface area contributed by atoms with Crippen LogP contribution in [0.4, 0.5) is 4.39 Å². The Morgan fingerprint density at radius 3 is 2.58 bits per heavy atom. The SMILES string of the molecule is CC(C)c1c(-c2ccc(C(=O)O)cc2C#N)c2cc3[nH]ncc3cc2n1-c1ccc(F)cc1. The van der Waals surface area contributed by atoms with E-state index in [1.54, 1.807) is 24.4 Å². The van der Waals surface area contributed by atoms with Crippen molar-refractivity contribution in [1.29, 1.82) is 5.26 Å². The molecule has 0 aliphatic rings. The van der Waals surface area contributed by atoms with Crippen molar-refractivity contribution < 1.29 is 14.3 Å². The van der Waals surface area contributed by atoms with Gasteiger partial charge in [-0.2, -0.15) is 10.4 Å². The molecule has 3 aromatic carbocycles. The molecule has 2 aromatic heterocycles. The van der Waals surface area contributed by atoms with E-state index in [1.165, 1.54) is 24.3 Å². The van der Waals surface area contributed by atoms with Crippen molar-refractivity contribution >= 4 is 27.8 Å². The summed E-state index contributed by atoms with van der Waals surface area (Å²) in [6.45, 7) is 4.12. The molecule has 162 valence electrons. The minimum atomic E-state index is -1.09. The Kier molecular flexibility index (Phi) is 4.72. The van der Waals surface area contributed by atoms with Crippen LogP contribution in [-0.2, 0) is 0 Å². The number of rotatable bonds is 4. The number of halogens is 1. The van der Waals surface area contributed by atoms with Crippen LogP contribution >= 0.6 is 0 Å². The fraction of sp³-hybridized carbons (Fsp3) is 0.115. The molecule has 0 radical (unpaired) electrons. The fourth-order valence-electron chi connectivity index (χ4n) is 4.43. The second kappa shape index (κ2) is 7.61. The zero-order valence-corrected chi connectivity index (χ0v) is 17.9. The van der Waals surface area contributed by atoms with E-state index >= 15 is 0 Å². The van der Waals surface area contributed by atoms with Crippen LogP contribution in [0.5, 0.6) is 0 Å². The highest BCUT2D eigenvalue weighted by Gasteiger charge is 2.25. The Morgan fingerprint density at radius 2 is 1.91 bits per heavy atom. The topological polar surface area (TPSA) is 94.7 Å². The van der Waals surface area contributed by atoms with Gasteiger partial charge in [0.2, 0.25) is 0 Å². The summed E-state index contributed by atoms with van der Waals surface area (Å²) in [5, 5.41) is 28.2. The molecule has 2 N–H and O–H groups in total. The Balaban J connectivity index is 1.95. The van der Waals surface area contributed by atoms with Crippen molar-refractivity contribution in [3.63, 3.8) is 0 Å². The number of aromatic nitrogens is 3. The number of fused-ring (bicyclic) bond motifs is 2. The molecule has 6 nitrogen and oxygen atoms in total. The van der Waals surface area contributed by atoms with Crippen molar-refractivity contribution in [3.05, 3.63) is 83.4 Å². The van der Waals surface area contributed by atoms with Crippen LogP contribution in [-0.4, -0.2) is 25.8 Å². The summed E-state index contributed by atoms with van der Waals surface area (Å²) in [5.41, 5.74) is 5.29. The number of nitriles is 1. The van der Waals surface area contributed by atoms with Crippen molar-refractivity contribution in [2.24, 2.45) is 0 Å². The zero-order chi connectivity index (χ0) is 23.3. The first-order valence-electron chi connectivity index (χ1n) is 10.4. The summed E-state index contributed by atoms with van der Waals surface area (Å²) in [7, 11) is 0. The van der Waals surface area contributed by atoms with Crippen molar-refractivity contribution in [2.75, 3.05) is 0 Å². The minimum absolute atomic E-state index is 0.0413. The van der Waals surface area contributed by atoms with E-state index in [4.69, 9.17) is 0 Å². The summed E-state index contributed by atoms with van der Waals surface area (Å²) >= 11 is 0. The molecule has 33 heavy (non-hydrogen) atoms. The maximum absolute atomic E-state index is 13.7. The van der Waals surface area contributed by atoms with Crippen molar-refractivity contribution in [2.45, 2.75) is 19.8 Å². The van der Waals surface area contributed by atoms with Crippen LogP contribution in [0, 0.1) is 17.1 Å². The first-order chi connectivity index (χ1) is 15.9. The molecule has 0 spiro atoms. The van der Waals surface area contributed by atoms with Gasteiger partial charge >= 0.3 is 5.97 Å². The Labute approximate surface area is 188 Å². The van der Waals surface area contributed by atoms with Gasteiger partial charge in [-0.1, -0.05) is 19.9 Å². The minimum Gasteiger partial charge on any atom is -0.478 e. The summed E-state index contributed by atoms with van der Waals surface area (Å²) in [5.74, 6) is -1.37. The summed E-state index contributed by atoms with van der Waals surface area (Å²) < 4.78 is 15.8. The van der Waals surface area contributed by atoms with Gasteiger partial charge in [0.05, 0.1) is 34.4 Å². The molecule has 0 aliphatic carbocycles. The number of nitrogens with zero attached hydrogens (tertiary/aromatic N) is 3. The standard InChI is InChI=1S/C26H19FN4O2/c1-14(2)25-24(20-8-3-15(26(32)33)9-16(20)12-28)21-11-22-17(13-29-30-22)10-23(21)31(25)19-6-4-18(27)5-7-19/h3-11,13-14H,1-2H3,(H,29,30)(H,32,33). The molecule has 7 heteroatoms. The Morgan fingerprint density at radius 1 is 1.15 bits per heavy atom. The van der Waals surface area contributed by atoms with Gasteiger partial charge in [-0.05, 0) is 54.4 Å². The van der Waals surface area contributed by atoms with Gasteiger partial charge in [-0.25, -0.2) is 9.18 Å². The highest BCUT2D eigenvalue weighted by atomic mass is 19.1. The van der Waals surface area contributed by atoms with Gasteiger partial charge in [0.1, 0.15) is 5.82 Å². The maximum atomic E-state index is 13.7. The average Bonchev–Trinajstić information content (AvgIpc) is 3.39. The lowest BCUT2D eigenvalue weighted by Crippen LogP contribution is -2.04. The molecule has 0 fully saturated rings. The number of aromatic amines is 1.